The van der Waals surface area contributed by atoms with Gasteiger partial charge in [0.15, 0.2) is 5.00 Å². The molecular weight excluding hydrogens is 292 g/mol. The van der Waals surface area contributed by atoms with E-state index in [1.807, 2.05) is 0 Å². The molecule has 8 heteroatoms. The van der Waals surface area contributed by atoms with Gasteiger partial charge in [-0.25, -0.2) is 0 Å². The minimum Gasteiger partial charge on any atom is -0.506 e. The lowest BCUT2D eigenvalue weighted by molar-refractivity contribution is -0.384. The van der Waals surface area contributed by atoms with E-state index in [-0.39, 0.29) is 11.4 Å². The number of hydrogen-bond donors (Lipinski definition) is 1. The van der Waals surface area contributed by atoms with Gasteiger partial charge in [-0.1, -0.05) is 12.1 Å². The highest BCUT2D eigenvalue weighted by atomic mass is 32.1. The summed E-state index contributed by atoms with van der Waals surface area (Å²) in [5.41, 5.74) is 0.919. The van der Waals surface area contributed by atoms with E-state index in [9.17, 15) is 15.2 Å². The highest BCUT2D eigenvalue weighted by Gasteiger charge is 2.12. The number of aromatic hydroxyl groups is 1. The van der Waals surface area contributed by atoms with Crippen LogP contribution in [0.5, 0.6) is 5.75 Å². The summed E-state index contributed by atoms with van der Waals surface area (Å²) < 4.78 is 4.16. The number of azo groups is 1. The number of fused-ring (bicyclic) bond motifs is 1. The van der Waals surface area contributed by atoms with Gasteiger partial charge in [-0.3, -0.25) is 10.1 Å². The average Bonchev–Trinajstić information content (AvgIpc) is 2.88. The molecule has 0 atom stereocenters. The lowest BCUT2D eigenvalue weighted by atomic mass is 10.2. The number of nitrogens with zero attached hydrogens (tertiary/aromatic N) is 4. The van der Waals surface area contributed by atoms with E-state index in [0.717, 1.165) is 11.5 Å². The number of hydrogen-bond acceptors (Lipinski definition) is 7. The molecule has 1 heterocycles. The van der Waals surface area contributed by atoms with Crippen LogP contribution in [0.4, 0.5) is 16.4 Å². The Morgan fingerprint density at radius 2 is 2.00 bits per heavy atom. The summed E-state index contributed by atoms with van der Waals surface area (Å²) in [6.07, 6.45) is 0. The Morgan fingerprint density at radius 1 is 1.19 bits per heavy atom. The zero-order chi connectivity index (χ0) is 14.8. The molecule has 1 N–H and O–H groups in total. The number of nitro groups is 1. The number of non-ortho nitro benzene ring substituents is 1. The van der Waals surface area contributed by atoms with E-state index in [4.69, 9.17) is 0 Å². The van der Waals surface area contributed by atoms with Gasteiger partial charge in [0.25, 0.3) is 5.69 Å². The molecule has 0 saturated carbocycles. The Kier molecular flexibility index (Phi) is 3.28. The molecular formula is C13H8N4O3S. The van der Waals surface area contributed by atoms with Crippen LogP contribution in [-0.4, -0.2) is 14.4 Å². The first-order valence-corrected chi connectivity index (χ1v) is 6.66. The average molecular weight is 300 g/mol. The molecule has 0 radical (unpaired) electrons. The van der Waals surface area contributed by atoms with Crippen LogP contribution in [0.15, 0.2) is 52.7 Å². The molecule has 0 bridgehead atoms. The summed E-state index contributed by atoms with van der Waals surface area (Å²) in [4.78, 5) is 10.3. The molecule has 0 aliphatic carbocycles. The maximum atomic E-state index is 10.8. The zero-order valence-corrected chi connectivity index (χ0v) is 11.3. The summed E-state index contributed by atoms with van der Waals surface area (Å²) in [6, 6.07) is 10.9. The molecule has 0 saturated heterocycles. The van der Waals surface area contributed by atoms with Gasteiger partial charge in [0.05, 0.1) is 10.4 Å². The molecule has 3 rings (SSSR count). The first-order valence-electron chi connectivity index (χ1n) is 5.89. The van der Waals surface area contributed by atoms with Crippen molar-refractivity contribution in [2.24, 2.45) is 10.2 Å². The van der Waals surface area contributed by atoms with Crippen molar-refractivity contribution in [1.29, 1.82) is 0 Å². The minimum absolute atomic E-state index is 0.0149. The largest absolute Gasteiger partial charge is 0.506 e. The van der Waals surface area contributed by atoms with Crippen LogP contribution in [-0.2, 0) is 0 Å². The molecule has 0 amide bonds. The summed E-state index contributed by atoms with van der Waals surface area (Å²) in [7, 11) is 0. The van der Waals surface area contributed by atoms with Crippen molar-refractivity contribution in [2.45, 2.75) is 0 Å². The highest BCUT2D eigenvalue weighted by Crippen LogP contribution is 2.35. The fourth-order valence-electron chi connectivity index (χ4n) is 1.75. The molecule has 0 fully saturated rings. The second-order valence-corrected chi connectivity index (χ2v) is 4.89. The van der Waals surface area contributed by atoms with Crippen LogP contribution in [0.3, 0.4) is 0 Å². The summed E-state index contributed by atoms with van der Waals surface area (Å²) in [6.45, 7) is 0. The number of para-hydroxylation sites is 1. The fraction of sp³-hybridized carbons (Fsp3) is 0. The van der Waals surface area contributed by atoms with Gasteiger partial charge >= 0.3 is 0 Å². The Bertz CT molecular complexity index is 859. The van der Waals surface area contributed by atoms with Gasteiger partial charge in [0.2, 0.25) is 0 Å². The Hall–Kier alpha value is -2.87. The Labute approximate surface area is 122 Å². The third kappa shape index (κ3) is 2.56. The molecule has 0 unspecified atom stereocenters. The zero-order valence-electron chi connectivity index (χ0n) is 10.5. The predicted molar refractivity (Wildman–Crippen MR) is 78.6 cm³/mol. The van der Waals surface area contributed by atoms with E-state index < -0.39 is 4.92 Å². The van der Waals surface area contributed by atoms with Crippen LogP contribution in [0.1, 0.15) is 0 Å². The molecule has 1 aromatic heterocycles. The number of nitro benzene ring substituents is 1. The van der Waals surface area contributed by atoms with Crippen LogP contribution in [0.25, 0.3) is 10.9 Å². The molecule has 0 aliphatic heterocycles. The van der Waals surface area contributed by atoms with E-state index in [2.05, 4.69) is 14.6 Å². The van der Waals surface area contributed by atoms with Crippen molar-refractivity contribution in [3.05, 3.63) is 52.6 Å². The number of benzene rings is 2. The van der Waals surface area contributed by atoms with Crippen LogP contribution in [0.2, 0.25) is 0 Å². The fourth-order valence-corrected chi connectivity index (χ4v) is 2.43. The second kappa shape index (κ2) is 5.25. The smallest absolute Gasteiger partial charge is 0.270 e. The third-order valence-electron chi connectivity index (χ3n) is 2.78. The first kappa shape index (κ1) is 13.1. The van der Waals surface area contributed by atoms with Crippen molar-refractivity contribution in [1.82, 2.24) is 4.37 Å². The maximum Gasteiger partial charge on any atom is 0.270 e. The summed E-state index contributed by atoms with van der Waals surface area (Å²) >= 11 is 1.09. The molecule has 21 heavy (non-hydrogen) atoms. The quantitative estimate of drug-likeness (QED) is 0.442. The lowest BCUT2D eigenvalue weighted by Crippen LogP contribution is -1.86. The molecule has 2 aromatic carbocycles. The normalized spacial score (nSPS) is 11.2. The van der Waals surface area contributed by atoms with Gasteiger partial charge in [0, 0.05) is 17.5 Å². The topological polar surface area (TPSA) is 101 Å². The highest BCUT2D eigenvalue weighted by molar-refractivity contribution is 7.11. The number of rotatable bonds is 3. The van der Waals surface area contributed by atoms with Crippen molar-refractivity contribution >= 4 is 38.8 Å². The molecule has 0 spiro atoms. The van der Waals surface area contributed by atoms with Crippen molar-refractivity contribution < 1.29 is 10.0 Å². The third-order valence-corrected chi connectivity index (χ3v) is 3.54. The lowest BCUT2D eigenvalue weighted by Gasteiger charge is -1.95. The maximum absolute atomic E-state index is 10.8. The van der Waals surface area contributed by atoms with Gasteiger partial charge in [-0.15, -0.1) is 10.2 Å². The Balaban J connectivity index is 2.03. The van der Waals surface area contributed by atoms with Crippen LogP contribution in [0, 0.1) is 10.1 Å². The van der Waals surface area contributed by atoms with Crippen molar-refractivity contribution in [2.75, 3.05) is 0 Å². The molecule has 3 aromatic rings. The molecule has 104 valence electrons. The van der Waals surface area contributed by atoms with Crippen molar-refractivity contribution in [3.8, 4) is 5.75 Å². The molecule has 0 aliphatic rings. The molecule has 7 nitrogen and oxygen atoms in total. The summed E-state index contributed by atoms with van der Waals surface area (Å²) in [5, 5.41) is 29.4. The van der Waals surface area contributed by atoms with Gasteiger partial charge < -0.3 is 5.11 Å². The number of phenolic OH excluding ortho intramolecular Hbond substituents is 1. The summed E-state index contributed by atoms with van der Waals surface area (Å²) in [5.74, 6) is 0.0149. The monoisotopic (exact) mass is 300 g/mol. The standard InChI is InChI=1S/C13H8N4O3S/c18-12-4-2-1-3-11(12)14-15-13-9-7-8(17(19)20)5-6-10(9)16-21-13/h1-7,18H. The van der Waals surface area contributed by atoms with E-state index >= 15 is 0 Å². The predicted octanol–water partition coefficient (Wildman–Crippen LogP) is 4.33. The number of aromatic nitrogens is 1. The van der Waals surface area contributed by atoms with Gasteiger partial charge in [-0.05, 0) is 29.7 Å². The van der Waals surface area contributed by atoms with E-state index in [0.29, 0.717) is 21.6 Å². The van der Waals surface area contributed by atoms with E-state index in [1.54, 1.807) is 24.3 Å². The van der Waals surface area contributed by atoms with Crippen molar-refractivity contribution in [3.63, 3.8) is 0 Å². The van der Waals surface area contributed by atoms with Gasteiger partial charge in [-0.2, -0.15) is 4.37 Å². The Morgan fingerprint density at radius 3 is 2.76 bits per heavy atom. The number of phenols is 1. The van der Waals surface area contributed by atoms with Gasteiger partial charge in [0.1, 0.15) is 11.4 Å². The van der Waals surface area contributed by atoms with Crippen LogP contribution >= 0.6 is 11.5 Å². The SMILES string of the molecule is O=[N+]([O-])c1ccc2nsc(N=Nc3ccccc3O)c2c1. The minimum atomic E-state index is -0.471. The van der Waals surface area contributed by atoms with Crippen LogP contribution < -0.4 is 0 Å². The first-order chi connectivity index (χ1) is 10.1. The second-order valence-electron chi connectivity index (χ2n) is 4.14. The van der Waals surface area contributed by atoms with E-state index in [1.165, 1.54) is 18.2 Å².